The van der Waals surface area contributed by atoms with Crippen LogP contribution in [0.4, 0.5) is 4.39 Å². The molecule has 0 aromatic heterocycles. The number of aliphatic hydroxyl groups is 1. The van der Waals surface area contributed by atoms with E-state index >= 15 is 0 Å². The van der Waals surface area contributed by atoms with E-state index in [0.29, 0.717) is 6.42 Å². The first-order valence-electron chi connectivity index (χ1n) is 7.91. The number of likely N-dealkylation sites (tertiary alicyclic amines) is 1. The van der Waals surface area contributed by atoms with Crippen LogP contribution in [0, 0.1) is 11.7 Å². The third kappa shape index (κ3) is 4.07. The summed E-state index contributed by atoms with van der Waals surface area (Å²) in [5.41, 5.74) is 0.731. The van der Waals surface area contributed by atoms with Crippen LogP contribution in [0.2, 0.25) is 0 Å². The van der Waals surface area contributed by atoms with Crippen molar-refractivity contribution in [3.8, 4) is 0 Å². The quantitative estimate of drug-likeness (QED) is 0.836. The zero-order valence-corrected chi connectivity index (χ0v) is 13.5. The zero-order chi connectivity index (χ0) is 17.0. The van der Waals surface area contributed by atoms with E-state index in [9.17, 15) is 19.1 Å². The highest BCUT2D eigenvalue weighted by atomic mass is 19.1. The number of aliphatic hydroxyl groups excluding tert-OH is 1. The Morgan fingerprint density at radius 1 is 1.43 bits per heavy atom. The number of hydrogen-bond acceptors (Lipinski definition) is 3. The van der Waals surface area contributed by atoms with Gasteiger partial charge >= 0.3 is 0 Å². The van der Waals surface area contributed by atoms with Crippen LogP contribution in [0.1, 0.15) is 37.8 Å². The number of benzene rings is 1. The molecule has 3 unspecified atom stereocenters. The molecule has 1 aliphatic heterocycles. The van der Waals surface area contributed by atoms with Crippen molar-refractivity contribution in [3.05, 3.63) is 35.6 Å². The van der Waals surface area contributed by atoms with Crippen LogP contribution in [-0.4, -0.2) is 41.5 Å². The molecule has 0 aliphatic carbocycles. The van der Waals surface area contributed by atoms with E-state index in [1.54, 1.807) is 19.2 Å². The van der Waals surface area contributed by atoms with E-state index in [2.05, 4.69) is 5.32 Å². The fraction of sp³-hybridized carbons (Fsp3) is 0.529. The Hall–Kier alpha value is -1.95. The van der Waals surface area contributed by atoms with Gasteiger partial charge in [-0.15, -0.1) is 0 Å². The van der Waals surface area contributed by atoms with Crippen molar-refractivity contribution in [2.45, 2.75) is 38.3 Å². The van der Waals surface area contributed by atoms with E-state index in [4.69, 9.17) is 0 Å². The van der Waals surface area contributed by atoms with Crippen LogP contribution in [0.5, 0.6) is 0 Å². The molecule has 0 spiro atoms. The highest BCUT2D eigenvalue weighted by Gasteiger charge is 2.42. The van der Waals surface area contributed by atoms with Gasteiger partial charge in [0.05, 0.1) is 18.1 Å². The minimum Gasteiger partial charge on any atom is -0.391 e. The average molecular weight is 322 g/mol. The number of rotatable bonds is 6. The maximum absolute atomic E-state index is 13.1. The Labute approximate surface area is 135 Å². The summed E-state index contributed by atoms with van der Waals surface area (Å²) in [6.45, 7) is 2.14. The molecular weight excluding hydrogens is 299 g/mol. The van der Waals surface area contributed by atoms with Crippen molar-refractivity contribution in [1.29, 1.82) is 0 Å². The van der Waals surface area contributed by atoms with Gasteiger partial charge in [-0.3, -0.25) is 9.59 Å². The summed E-state index contributed by atoms with van der Waals surface area (Å²) in [5.74, 6) is -1.27. The molecule has 0 bridgehead atoms. The van der Waals surface area contributed by atoms with Crippen molar-refractivity contribution in [2.75, 3.05) is 13.6 Å². The fourth-order valence-electron chi connectivity index (χ4n) is 3.01. The second kappa shape index (κ2) is 7.55. The number of halogens is 1. The van der Waals surface area contributed by atoms with Gasteiger partial charge in [-0.2, -0.15) is 0 Å². The summed E-state index contributed by atoms with van der Waals surface area (Å²) in [5, 5.41) is 12.4. The molecule has 2 amide bonds. The lowest BCUT2D eigenvalue weighted by Crippen LogP contribution is -2.38. The van der Waals surface area contributed by atoms with Crippen molar-refractivity contribution in [2.24, 2.45) is 5.92 Å². The lowest BCUT2D eigenvalue weighted by molar-refractivity contribution is -0.128. The van der Waals surface area contributed by atoms with Gasteiger partial charge in [0.15, 0.2) is 0 Å². The number of carbonyl (C=O) groups excluding carboxylic acids is 2. The molecule has 1 heterocycles. The maximum atomic E-state index is 13.1. The highest BCUT2D eigenvalue weighted by Crippen LogP contribution is 2.37. The monoisotopic (exact) mass is 322 g/mol. The van der Waals surface area contributed by atoms with Gasteiger partial charge in [-0.25, -0.2) is 4.39 Å². The smallest absolute Gasteiger partial charge is 0.226 e. The van der Waals surface area contributed by atoms with Gasteiger partial charge in [0.1, 0.15) is 5.82 Å². The van der Waals surface area contributed by atoms with Crippen LogP contribution < -0.4 is 5.32 Å². The van der Waals surface area contributed by atoms with Gasteiger partial charge in [-0.1, -0.05) is 25.5 Å². The third-order valence-corrected chi connectivity index (χ3v) is 4.27. The molecule has 23 heavy (non-hydrogen) atoms. The molecule has 1 saturated heterocycles. The summed E-state index contributed by atoms with van der Waals surface area (Å²) in [6, 6.07) is 5.44. The van der Waals surface area contributed by atoms with E-state index in [1.165, 1.54) is 17.0 Å². The molecular formula is C17H23FN2O3. The van der Waals surface area contributed by atoms with Crippen LogP contribution in [-0.2, 0) is 9.59 Å². The van der Waals surface area contributed by atoms with Crippen molar-refractivity contribution in [1.82, 2.24) is 10.2 Å². The summed E-state index contributed by atoms with van der Waals surface area (Å²) in [6.07, 6.45) is 0.988. The first kappa shape index (κ1) is 17.4. The van der Waals surface area contributed by atoms with Crippen molar-refractivity contribution in [3.63, 3.8) is 0 Å². The highest BCUT2D eigenvalue weighted by molar-refractivity contribution is 5.90. The number of nitrogens with zero attached hydrogens (tertiary/aromatic N) is 1. The fourth-order valence-corrected chi connectivity index (χ4v) is 3.01. The van der Waals surface area contributed by atoms with Crippen molar-refractivity contribution < 1.29 is 19.1 Å². The third-order valence-electron chi connectivity index (χ3n) is 4.27. The Balaban J connectivity index is 2.10. The molecule has 2 rings (SSSR count). The molecule has 1 aliphatic rings. The van der Waals surface area contributed by atoms with Crippen LogP contribution in [0.3, 0.4) is 0 Å². The number of carbonyl (C=O) groups is 2. The number of amides is 2. The average Bonchev–Trinajstić information content (AvgIpc) is 2.82. The molecule has 2 N–H and O–H groups in total. The predicted octanol–water partition coefficient (Wildman–Crippen LogP) is 1.62. The Morgan fingerprint density at radius 3 is 2.70 bits per heavy atom. The molecule has 0 saturated carbocycles. The largest absolute Gasteiger partial charge is 0.391 e. The van der Waals surface area contributed by atoms with Crippen LogP contribution >= 0.6 is 0 Å². The van der Waals surface area contributed by atoms with Crippen molar-refractivity contribution >= 4 is 11.8 Å². The minimum absolute atomic E-state index is 0.117. The second-order valence-corrected chi connectivity index (χ2v) is 6.00. The number of hydrogen-bond donors (Lipinski definition) is 2. The Bertz CT molecular complexity index is 561. The second-order valence-electron chi connectivity index (χ2n) is 6.00. The molecule has 0 radical (unpaired) electrons. The first-order chi connectivity index (χ1) is 10.9. The Morgan fingerprint density at radius 2 is 2.09 bits per heavy atom. The molecule has 1 aromatic rings. The van der Waals surface area contributed by atoms with Gasteiger partial charge in [0, 0.05) is 20.0 Å². The van der Waals surface area contributed by atoms with Crippen LogP contribution in [0.25, 0.3) is 0 Å². The van der Waals surface area contributed by atoms with Crippen LogP contribution in [0.15, 0.2) is 24.3 Å². The standard InChI is InChI=1S/C17H23FN2O3/c1-3-4-13(21)10-19-17(23)14-9-15(22)20(2)16(14)11-5-7-12(18)8-6-11/h5-8,13-14,16,21H,3-4,9-10H2,1-2H3,(H,19,23). The molecule has 1 aromatic carbocycles. The zero-order valence-electron chi connectivity index (χ0n) is 13.5. The lowest BCUT2D eigenvalue weighted by atomic mass is 9.93. The van der Waals surface area contributed by atoms with E-state index in [1.807, 2.05) is 6.92 Å². The van der Waals surface area contributed by atoms with Gasteiger partial charge in [0.25, 0.3) is 0 Å². The molecule has 5 nitrogen and oxygen atoms in total. The van der Waals surface area contributed by atoms with E-state index in [-0.39, 0.29) is 30.6 Å². The molecule has 3 atom stereocenters. The van der Waals surface area contributed by atoms with Gasteiger partial charge in [0.2, 0.25) is 11.8 Å². The predicted molar refractivity (Wildman–Crippen MR) is 83.9 cm³/mol. The maximum Gasteiger partial charge on any atom is 0.226 e. The molecule has 126 valence electrons. The summed E-state index contributed by atoms with van der Waals surface area (Å²) < 4.78 is 13.1. The Kier molecular flexibility index (Phi) is 5.71. The lowest BCUT2D eigenvalue weighted by Gasteiger charge is -2.25. The van der Waals surface area contributed by atoms with E-state index in [0.717, 1.165) is 12.0 Å². The summed E-state index contributed by atoms with van der Waals surface area (Å²) >= 11 is 0. The summed E-state index contributed by atoms with van der Waals surface area (Å²) in [4.78, 5) is 26.0. The molecule has 6 heteroatoms. The van der Waals surface area contributed by atoms with Gasteiger partial charge < -0.3 is 15.3 Å². The number of nitrogens with one attached hydrogen (secondary N) is 1. The van der Waals surface area contributed by atoms with E-state index < -0.39 is 18.1 Å². The topological polar surface area (TPSA) is 69.6 Å². The van der Waals surface area contributed by atoms with Gasteiger partial charge in [-0.05, 0) is 24.1 Å². The minimum atomic E-state index is -0.581. The normalized spacial score (nSPS) is 22.3. The summed E-state index contributed by atoms with van der Waals surface area (Å²) in [7, 11) is 1.65. The first-order valence-corrected chi connectivity index (χ1v) is 7.91. The molecule has 1 fully saturated rings. The SMILES string of the molecule is CCCC(O)CNC(=O)C1CC(=O)N(C)C1c1ccc(F)cc1.